The van der Waals surface area contributed by atoms with E-state index in [-0.39, 0.29) is 11.3 Å². The van der Waals surface area contributed by atoms with Crippen molar-refractivity contribution in [3.05, 3.63) is 102 Å². The number of rotatable bonds is 6. The minimum absolute atomic E-state index is 0.228. The molecule has 0 aromatic heterocycles. The molecule has 1 nitrogen and oxygen atoms in total. The lowest BCUT2D eigenvalue weighted by molar-refractivity contribution is 0.0980. The first-order valence-corrected chi connectivity index (χ1v) is 11.9. The number of ketones is 1. The van der Waals surface area contributed by atoms with Gasteiger partial charge in [0.25, 0.3) is 0 Å². The van der Waals surface area contributed by atoms with Crippen LogP contribution in [0.4, 0.5) is 0 Å². The highest BCUT2D eigenvalue weighted by atomic mass is 28.3. The van der Waals surface area contributed by atoms with Gasteiger partial charge in [0.05, 0.1) is 8.07 Å². The molecule has 0 spiro atoms. The van der Waals surface area contributed by atoms with Crippen molar-refractivity contribution in [1.82, 2.24) is 0 Å². The predicted octanol–water partition coefficient (Wildman–Crippen LogP) is 5.20. The van der Waals surface area contributed by atoms with E-state index in [9.17, 15) is 4.79 Å². The van der Waals surface area contributed by atoms with E-state index in [1.807, 2.05) is 36.4 Å². The number of carbonyl (C=O) groups is 1. The Kier molecular flexibility index (Phi) is 5.30. The summed E-state index contributed by atoms with van der Waals surface area (Å²) in [7, 11) is -1.87. The lowest BCUT2D eigenvalue weighted by Gasteiger charge is -2.33. The van der Waals surface area contributed by atoms with Crippen LogP contribution in [-0.4, -0.2) is 13.9 Å². The molecule has 126 valence electrons. The Hall–Kier alpha value is -2.45. The molecule has 25 heavy (non-hydrogen) atoms. The van der Waals surface area contributed by atoms with Gasteiger partial charge >= 0.3 is 0 Å². The second kappa shape index (κ2) is 7.62. The first-order chi connectivity index (χ1) is 12.1. The van der Waals surface area contributed by atoms with Gasteiger partial charge in [0.15, 0.2) is 5.78 Å². The van der Waals surface area contributed by atoms with Crippen LogP contribution in [0.1, 0.15) is 27.9 Å². The van der Waals surface area contributed by atoms with Crippen molar-refractivity contribution in [2.45, 2.75) is 25.1 Å². The normalized spacial score (nSPS) is 12.6. The third kappa shape index (κ3) is 3.97. The maximum Gasteiger partial charge on any atom is 0.163 e. The monoisotopic (exact) mass is 344 g/mol. The average molecular weight is 345 g/mol. The molecule has 0 aliphatic carbocycles. The largest absolute Gasteiger partial charge is 0.294 e. The van der Waals surface area contributed by atoms with Gasteiger partial charge < -0.3 is 0 Å². The minimum atomic E-state index is -1.87. The van der Waals surface area contributed by atoms with Crippen LogP contribution < -0.4 is 5.19 Å². The van der Waals surface area contributed by atoms with Gasteiger partial charge in [0.2, 0.25) is 0 Å². The fourth-order valence-corrected chi connectivity index (χ4v) is 6.65. The number of Topliss-reactive ketones (excluding diaryl/α,β-unsaturated/α-hetero) is 1. The van der Waals surface area contributed by atoms with Crippen LogP contribution in [0.3, 0.4) is 0 Å². The summed E-state index contributed by atoms with van der Waals surface area (Å²) in [5, 5.41) is 1.39. The Morgan fingerprint density at radius 2 is 1.24 bits per heavy atom. The Balaban J connectivity index is 1.98. The van der Waals surface area contributed by atoms with Gasteiger partial charge in [-0.3, -0.25) is 4.79 Å². The molecule has 0 saturated carbocycles. The minimum Gasteiger partial charge on any atom is -0.294 e. The summed E-state index contributed by atoms with van der Waals surface area (Å²) in [6, 6.07) is 30.9. The summed E-state index contributed by atoms with van der Waals surface area (Å²) >= 11 is 0. The van der Waals surface area contributed by atoms with Crippen LogP contribution >= 0.6 is 0 Å². The van der Waals surface area contributed by atoms with E-state index in [0.717, 1.165) is 5.56 Å². The lowest BCUT2D eigenvalue weighted by atomic mass is 10.0. The van der Waals surface area contributed by atoms with Gasteiger partial charge in [-0.1, -0.05) is 109 Å². The predicted molar refractivity (Wildman–Crippen MR) is 108 cm³/mol. The molecule has 1 atom stereocenters. The highest BCUT2D eigenvalue weighted by molar-refractivity contribution is 6.91. The zero-order valence-corrected chi connectivity index (χ0v) is 15.9. The topological polar surface area (TPSA) is 17.1 Å². The Morgan fingerprint density at radius 1 is 0.760 bits per heavy atom. The molecule has 3 rings (SSSR count). The Labute approximate surface area is 151 Å². The van der Waals surface area contributed by atoms with E-state index in [1.54, 1.807) is 0 Å². The first kappa shape index (κ1) is 17.4. The molecule has 0 radical (unpaired) electrons. The van der Waals surface area contributed by atoms with Crippen LogP contribution in [0.2, 0.25) is 13.1 Å². The van der Waals surface area contributed by atoms with E-state index in [4.69, 9.17) is 0 Å². The highest BCUT2D eigenvalue weighted by Crippen LogP contribution is 2.31. The van der Waals surface area contributed by atoms with E-state index in [0.29, 0.717) is 6.42 Å². The van der Waals surface area contributed by atoms with E-state index in [1.165, 1.54) is 10.8 Å². The first-order valence-electron chi connectivity index (χ1n) is 8.78. The van der Waals surface area contributed by atoms with Crippen LogP contribution in [-0.2, 0) is 0 Å². The molecule has 0 aliphatic heterocycles. The molecule has 1 unspecified atom stereocenters. The second-order valence-corrected chi connectivity index (χ2v) is 11.8. The van der Waals surface area contributed by atoms with Crippen LogP contribution in [0, 0.1) is 0 Å². The molecule has 0 saturated heterocycles. The maximum absolute atomic E-state index is 12.9. The van der Waals surface area contributed by atoms with Gasteiger partial charge in [-0.15, -0.1) is 0 Å². The summed E-state index contributed by atoms with van der Waals surface area (Å²) in [4.78, 5) is 12.9. The summed E-state index contributed by atoms with van der Waals surface area (Å²) in [5.41, 5.74) is 2.33. The fraction of sp³-hybridized carbons (Fsp3) is 0.174. The van der Waals surface area contributed by atoms with Crippen molar-refractivity contribution in [2.24, 2.45) is 0 Å². The van der Waals surface area contributed by atoms with E-state index < -0.39 is 8.07 Å². The van der Waals surface area contributed by atoms with Crippen molar-refractivity contribution in [3.8, 4) is 0 Å². The lowest BCUT2D eigenvalue weighted by Crippen LogP contribution is -2.48. The molecular formula is C23H24OSi. The zero-order chi connectivity index (χ0) is 17.7. The summed E-state index contributed by atoms with van der Waals surface area (Å²) in [6.45, 7) is 4.75. The molecule has 0 fully saturated rings. The smallest absolute Gasteiger partial charge is 0.163 e. The second-order valence-electron chi connectivity index (χ2n) is 7.04. The van der Waals surface area contributed by atoms with Crippen LogP contribution in [0.15, 0.2) is 91.0 Å². The molecule has 3 aromatic rings. The van der Waals surface area contributed by atoms with Crippen molar-refractivity contribution in [2.75, 3.05) is 0 Å². The highest BCUT2D eigenvalue weighted by Gasteiger charge is 2.36. The molecule has 3 aromatic carbocycles. The molecule has 2 heteroatoms. The number of hydrogen-bond donors (Lipinski definition) is 0. The summed E-state index contributed by atoms with van der Waals surface area (Å²) in [5.74, 6) is 0.228. The van der Waals surface area contributed by atoms with Crippen LogP contribution in [0.25, 0.3) is 0 Å². The SMILES string of the molecule is C[Si](C)(c1ccccc1)C(CC(=O)c1ccccc1)c1ccccc1. The average Bonchev–Trinajstić information content (AvgIpc) is 2.68. The van der Waals surface area contributed by atoms with E-state index >= 15 is 0 Å². The summed E-state index contributed by atoms with van der Waals surface area (Å²) < 4.78 is 0. The van der Waals surface area contributed by atoms with Crippen molar-refractivity contribution >= 4 is 19.0 Å². The standard InChI is InChI=1S/C23H24OSi/c1-25(2,21-16-10-5-11-17-21)23(20-14-8-4-9-15-20)18-22(24)19-12-6-3-7-13-19/h3-17,23H,18H2,1-2H3. The fourth-order valence-electron chi connectivity index (χ4n) is 3.47. The molecule has 0 amide bonds. The van der Waals surface area contributed by atoms with Crippen molar-refractivity contribution < 1.29 is 4.79 Å². The number of benzene rings is 3. The van der Waals surface area contributed by atoms with Gasteiger partial charge in [0, 0.05) is 12.0 Å². The Morgan fingerprint density at radius 3 is 1.80 bits per heavy atom. The van der Waals surface area contributed by atoms with E-state index in [2.05, 4.69) is 67.7 Å². The van der Waals surface area contributed by atoms with Crippen molar-refractivity contribution in [1.29, 1.82) is 0 Å². The van der Waals surface area contributed by atoms with Gasteiger partial charge in [-0.2, -0.15) is 0 Å². The molecule has 0 N–H and O–H groups in total. The molecule has 0 bridgehead atoms. The van der Waals surface area contributed by atoms with Gasteiger partial charge in [0.1, 0.15) is 0 Å². The van der Waals surface area contributed by atoms with Crippen molar-refractivity contribution in [3.63, 3.8) is 0 Å². The zero-order valence-electron chi connectivity index (χ0n) is 14.9. The third-order valence-electron chi connectivity index (χ3n) is 5.08. The molecular weight excluding hydrogens is 320 g/mol. The van der Waals surface area contributed by atoms with Gasteiger partial charge in [-0.25, -0.2) is 0 Å². The van der Waals surface area contributed by atoms with Crippen LogP contribution in [0.5, 0.6) is 0 Å². The maximum atomic E-state index is 12.9. The number of carbonyl (C=O) groups excluding carboxylic acids is 1. The van der Waals surface area contributed by atoms with Gasteiger partial charge in [-0.05, 0) is 11.1 Å². The molecule has 0 heterocycles. The molecule has 0 aliphatic rings. The number of hydrogen-bond acceptors (Lipinski definition) is 1. The quantitative estimate of drug-likeness (QED) is 0.444. The Bertz CT molecular complexity index is 810. The summed E-state index contributed by atoms with van der Waals surface area (Å²) in [6.07, 6.45) is 0.558. The third-order valence-corrected chi connectivity index (χ3v) is 9.18.